The molecule has 0 spiro atoms. The minimum Gasteiger partial charge on any atom is -0.475 e. The maximum atomic E-state index is 12.4. The first-order chi connectivity index (χ1) is 11.5. The Labute approximate surface area is 142 Å². The number of carbonyl (C=O) groups excluding carboxylic acids is 1. The fourth-order valence-electron chi connectivity index (χ4n) is 2.82. The molecular weight excluding hydrogens is 310 g/mol. The van der Waals surface area contributed by atoms with E-state index >= 15 is 0 Å². The Morgan fingerprint density at radius 1 is 1.21 bits per heavy atom. The average Bonchev–Trinajstić information content (AvgIpc) is 2.56. The fraction of sp³-hybridized carbons (Fsp3) is 0.647. The minimum absolute atomic E-state index is 0.193. The molecule has 1 aliphatic rings. The van der Waals surface area contributed by atoms with E-state index in [1.54, 1.807) is 6.92 Å². The molecule has 2 heterocycles. The van der Waals surface area contributed by atoms with Crippen LogP contribution in [0.15, 0.2) is 12.1 Å². The summed E-state index contributed by atoms with van der Waals surface area (Å²) in [6.45, 7) is 4.39. The molecule has 1 aromatic heterocycles. The highest BCUT2D eigenvalue weighted by molar-refractivity contribution is 5.98. The van der Waals surface area contributed by atoms with Gasteiger partial charge in [-0.15, -0.1) is 0 Å². The highest BCUT2D eigenvalue weighted by Crippen LogP contribution is 2.34. The second-order valence-corrected chi connectivity index (χ2v) is 6.12. The lowest BCUT2D eigenvalue weighted by Gasteiger charge is -2.29. The van der Waals surface area contributed by atoms with Crippen LogP contribution in [0.3, 0.4) is 0 Å². The second kappa shape index (κ2) is 8.61. The summed E-state index contributed by atoms with van der Waals surface area (Å²) < 4.78 is 5.50. The van der Waals surface area contributed by atoms with Crippen LogP contribution in [-0.2, 0) is 4.79 Å². The standard InChI is InChI=1S/C17H25N3O4/c1-3-4-5-6-7-8-9-12-19-16-14(24-13(2)17(19)21)10-11-15(18-16)20(22)23/h10-11,13H,3-9,12H2,1-2H3. The van der Waals surface area contributed by atoms with Crippen LogP contribution in [0.25, 0.3) is 0 Å². The number of amides is 1. The molecule has 1 aromatic rings. The summed E-state index contributed by atoms with van der Waals surface area (Å²) >= 11 is 0. The highest BCUT2D eigenvalue weighted by Gasteiger charge is 2.36. The van der Waals surface area contributed by atoms with E-state index in [2.05, 4.69) is 11.9 Å². The molecule has 7 heteroatoms. The first-order valence-corrected chi connectivity index (χ1v) is 8.68. The van der Waals surface area contributed by atoms with Crippen LogP contribution in [-0.4, -0.2) is 28.5 Å². The van der Waals surface area contributed by atoms with Crippen LogP contribution >= 0.6 is 0 Å². The molecular formula is C17H25N3O4. The van der Waals surface area contributed by atoms with E-state index in [1.807, 2.05) is 0 Å². The fourth-order valence-corrected chi connectivity index (χ4v) is 2.82. The van der Waals surface area contributed by atoms with Gasteiger partial charge in [-0.3, -0.25) is 9.69 Å². The molecule has 132 valence electrons. The zero-order valence-corrected chi connectivity index (χ0v) is 14.4. The predicted octanol–water partition coefficient (Wildman–Crippen LogP) is 3.85. The van der Waals surface area contributed by atoms with E-state index < -0.39 is 11.0 Å². The maximum Gasteiger partial charge on any atom is 0.366 e. The summed E-state index contributed by atoms with van der Waals surface area (Å²) in [5.74, 6) is 0.222. The van der Waals surface area contributed by atoms with Gasteiger partial charge in [-0.1, -0.05) is 45.4 Å². The molecule has 1 amide bonds. The number of hydrogen-bond acceptors (Lipinski definition) is 5. The van der Waals surface area contributed by atoms with Crippen molar-refractivity contribution in [3.8, 4) is 5.75 Å². The van der Waals surface area contributed by atoms with Crippen LogP contribution in [0.5, 0.6) is 5.75 Å². The minimum atomic E-state index is -0.592. The molecule has 0 fully saturated rings. The van der Waals surface area contributed by atoms with Gasteiger partial charge in [-0.2, -0.15) is 0 Å². The summed E-state index contributed by atoms with van der Waals surface area (Å²) in [7, 11) is 0. The largest absolute Gasteiger partial charge is 0.475 e. The topological polar surface area (TPSA) is 85.6 Å². The van der Waals surface area contributed by atoms with Crippen molar-refractivity contribution in [2.24, 2.45) is 0 Å². The summed E-state index contributed by atoms with van der Waals surface area (Å²) in [5.41, 5.74) is 0. The van der Waals surface area contributed by atoms with Gasteiger partial charge < -0.3 is 14.9 Å². The van der Waals surface area contributed by atoms with Crippen LogP contribution in [0.1, 0.15) is 58.8 Å². The van der Waals surface area contributed by atoms with Crippen LogP contribution in [0, 0.1) is 10.1 Å². The lowest BCUT2D eigenvalue weighted by Crippen LogP contribution is -2.45. The first kappa shape index (κ1) is 18.2. The molecule has 0 aliphatic carbocycles. The van der Waals surface area contributed by atoms with Crippen molar-refractivity contribution in [1.82, 2.24) is 4.98 Å². The number of aromatic nitrogens is 1. The van der Waals surface area contributed by atoms with E-state index in [0.29, 0.717) is 12.3 Å². The third kappa shape index (κ3) is 4.43. The van der Waals surface area contributed by atoms with E-state index in [4.69, 9.17) is 4.74 Å². The number of rotatable bonds is 9. The molecule has 0 N–H and O–H groups in total. The SMILES string of the molecule is CCCCCCCCCN1C(=O)C(C)Oc2ccc([N+](=O)[O-])nc21. The van der Waals surface area contributed by atoms with Gasteiger partial charge in [-0.05, 0) is 29.3 Å². The number of unbranched alkanes of at least 4 members (excludes halogenated alkanes) is 6. The Bertz CT molecular complexity index is 591. The summed E-state index contributed by atoms with van der Waals surface area (Å²) in [4.78, 5) is 28.3. The number of ether oxygens (including phenoxy) is 1. The van der Waals surface area contributed by atoms with E-state index in [1.165, 1.54) is 42.7 Å². The van der Waals surface area contributed by atoms with E-state index in [9.17, 15) is 14.9 Å². The molecule has 1 unspecified atom stereocenters. The number of nitrogens with zero attached hydrogens (tertiary/aromatic N) is 3. The zero-order chi connectivity index (χ0) is 17.5. The Morgan fingerprint density at radius 2 is 1.88 bits per heavy atom. The molecule has 0 saturated carbocycles. The van der Waals surface area contributed by atoms with Crippen molar-refractivity contribution in [2.45, 2.75) is 64.9 Å². The van der Waals surface area contributed by atoms with Gasteiger partial charge in [-0.25, -0.2) is 0 Å². The molecule has 0 aromatic carbocycles. The maximum absolute atomic E-state index is 12.4. The van der Waals surface area contributed by atoms with Crippen LogP contribution in [0.2, 0.25) is 0 Å². The third-order valence-electron chi connectivity index (χ3n) is 4.17. The second-order valence-electron chi connectivity index (χ2n) is 6.12. The molecule has 0 radical (unpaired) electrons. The van der Waals surface area contributed by atoms with Gasteiger partial charge >= 0.3 is 5.82 Å². The van der Waals surface area contributed by atoms with Crippen LogP contribution < -0.4 is 9.64 Å². The van der Waals surface area contributed by atoms with Gasteiger partial charge in [0.1, 0.15) is 0 Å². The van der Waals surface area contributed by atoms with Crippen molar-refractivity contribution < 1.29 is 14.5 Å². The number of fused-ring (bicyclic) bond motifs is 1. The summed E-state index contributed by atoms with van der Waals surface area (Å²) in [6.07, 6.45) is 7.39. The quantitative estimate of drug-likeness (QED) is 0.388. The molecule has 0 bridgehead atoms. The van der Waals surface area contributed by atoms with E-state index in [0.717, 1.165) is 19.3 Å². The van der Waals surface area contributed by atoms with Crippen molar-refractivity contribution >= 4 is 17.5 Å². The lowest BCUT2D eigenvalue weighted by molar-refractivity contribution is -0.389. The monoisotopic (exact) mass is 335 g/mol. The Kier molecular flexibility index (Phi) is 6.52. The molecule has 1 aliphatic heterocycles. The zero-order valence-electron chi connectivity index (χ0n) is 14.4. The Balaban J connectivity index is 1.99. The third-order valence-corrected chi connectivity index (χ3v) is 4.17. The first-order valence-electron chi connectivity index (χ1n) is 8.68. The molecule has 7 nitrogen and oxygen atoms in total. The molecule has 1 atom stereocenters. The smallest absolute Gasteiger partial charge is 0.366 e. The van der Waals surface area contributed by atoms with Crippen molar-refractivity contribution in [2.75, 3.05) is 11.4 Å². The van der Waals surface area contributed by atoms with Gasteiger partial charge in [0.15, 0.2) is 11.9 Å². The number of nitro groups is 1. The summed E-state index contributed by atoms with van der Waals surface area (Å²) in [6, 6.07) is 2.81. The average molecular weight is 335 g/mol. The lowest BCUT2D eigenvalue weighted by atomic mass is 10.1. The predicted molar refractivity (Wildman–Crippen MR) is 91.3 cm³/mol. The molecule has 0 saturated heterocycles. The van der Waals surface area contributed by atoms with Crippen LogP contribution in [0.4, 0.5) is 11.6 Å². The number of pyridine rings is 1. The van der Waals surface area contributed by atoms with Gasteiger partial charge in [0, 0.05) is 12.6 Å². The normalized spacial score (nSPS) is 16.7. The number of carbonyl (C=O) groups is 1. The van der Waals surface area contributed by atoms with Gasteiger partial charge in [0.2, 0.25) is 0 Å². The summed E-state index contributed by atoms with van der Waals surface area (Å²) in [5, 5.41) is 10.9. The van der Waals surface area contributed by atoms with Crippen molar-refractivity contribution in [3.63, 3.8) is 0 Å². The number of hydrogen-bond donors (Lipinski definition) is 0. The molecule has 2 rings (SSSR count). The van der Waals surface area contributed by atoms with E-state index in [-0.39, 0.29) is 17.5 Å². The van der Waals surface area contributed by atoms with Crippen molar-refractivity contribution in [3.05, 3.63) is 22.2 Å². The Morgan fingerprint density at radius 3 is 2.54 bits per heavy atom. The Hall–Kier alpha value is -2.18. The highest BCUT2D eigenvalue weighted by atomic mass is 16.6. The van der Waals surface area contributed by atoms with Gasteiger partial charge in [0.05, 0.1) is 0 Å². The van der Waals surface area contributed by atoms with Crippen molar-refractivity contribution in [1.29, 1.82) is 0 Å². The number of anilines is 1. The van der Waals surface area contributed by atoms with Gasteiger partial charge in [0.25, 0.3) is 11.7 Å². The molecule has 24 heavy (non-hydrogen) atoms.